The molecule has 1 fully saturated rings. The van der Waals surface area contributed by atoms with Gasteiger partial charge in [-0.2, -0.15) is 5.06 Å². The number of hydroxylamine groups is 2. The molecule has 1 heterocycles. The summed E-state index contributed by atoms with van der Waals surface area (Å²) in [7, 11) is 1.75. The van der Waals surface area contributed by atoms with Crippen molar-refractivity contribution in [3.05, 3.63) is 0 Å². The number of hydrogen-bond donors (Lipinski definition) is 1. The lowest BCUT2D eigenvalue weighted by Gasteiger charge is -2.54. The van der Waals surface area contributed by atoms with Crippen LogP contribution in [-0.4, -0.2) is 34.5 Å². The first-order chi connectivity index (χ1) is 7.85. The van der Waals surface area contributed by atoms with Gasteiger partial charge in [-0.05, 0) is 40.0 Å². The highest BCUT2D eigenvalue weighted by Crippen LogP contribution is 2.41. The molecule has 0 saturated carbocycles. The van der Waals surface area contributed by atoms with Gasteiger partial charge >= 0.3 is 0 Å². The summed E-state index contributed by atoms with van der Waals surface area (Å²) in [6, 6.07) is 0. The average Bonchev–Trinajstić information content (AvgIpc) is 2.15. The van der Waals surface area contributed by atoms with Crippen molar-refractivity contribution < 1.29 is 9.94 Å². The third kappa shape index (κ3) is 3.43. The van der Waals surface area contributed by atoms with Gasteiger partial charge in [-0.25, -0.2) is 0 Å². The molecule has 0 radical (unpaired) electrons. The van der Waals surface area contributed by atoms with Crippen LogP contribution in [-0.2, 0) is 4.84 Å². The lowest BCUT2D eigenvalue weighted by molar-refractivity contribution is -0.283. The average molecular weight is 243 g/mol. The summed E-state index contributed by atoms with van der Waals surface area (Å²) in [6.07, 6.45) is 6.17. The van der Waals surface area contributed by atoms with Gasteiger partial charge < -0.3 is 9.94 Å². The van der Waals surface area contributed by atoms with Gasteiger partial charge in [-0.3, -0.25) is 0 Å². The molecule has 1 aliphatic heterocycles. The molecule has 3 nitrogen and oxygen atoms in total. The first kappa shape index (κ1) is 14.9. The summed E-state index contributed by atoms with van der Waals surface area (Å²) in [6.45, 7) is 8.74. The van der Waals surface area contributed by atoms with Gasteiger partial charge in [-0.15, -0.1) is 0 Å². The monoisotopic (exact) mass is 243 g/mol. The highest BCUT2D eigenvalue weighted by Gasteiger charge is 2.47. The van der Waals surface area contributed by atoms with Gasteiger partial charge in [-0.1, -0.05) is 26.2 Å². The van der Waals surface area contributed by atoms with Gasteiger partial charge in [0.2, 0.25) is 0 Å². The number of rotatable bonds is 5. The van der Waals surface area contributed by atoms with Crippen molar-refractivity contribution in [3.8, 4) is 0 Å². The van der Waals surface area contributed by atoms with Crippen molar-refractivity contribution in [2.75, 3.05) is 7.11 Å². The fraction of sp³-hybridized carbons (Fsp3) is 1.00. The fourth-order valence-electron chi connectivity index (χ4n) is 3.48. The van der Waals surface area contributed by atoms with Crippen LogP contribution in [0.15, 0.2) is 0 Å². The van der Waals surface area contributed by atoms with E-state index in [-0.39, 0.29) is 17.2 Å². The molecule has 2 atom stereocenters. The minimum Gasteiger partial charge on any atom is -0.393 e. The van der Waals surface area contributed by atoms with E-state index < -0.39 is 0 Å². The van der Waals surface area contributed by atoms with Crippen LogP contribution in [0, 0.1) is 0 Å². The molecule has 102 valence electrons. The molecule has 0 aromatic heterocycles. The molecule has 1 rings (SSSR count). The van der Waals surface area contributed by atoms with Crippen LogP contribution >= 0.6 is 0 Å². The minimum atomic E-state index is -0.206. The summed E-state index contributed by atoms with van der Waals surface area (Å²) in [5.74, 6) is 0. The molecule has 3 heteroatoms. The van der Waals surface area contributed by atoms with E-state index in [4.69, 9.17) is 4.84 Å². The number of nitrogens with zero attached hydrogens (tertiary/aromatic N) is 1. The van der Waals surface area contributed by atoms with Crippen LogP contribution < -0.4 is 0 Å². The van der Waals surface area contributed by atoms with Gasteiger partial charge in [0.05, 0.1) is 13.2 Å². The molecule has 2 unspecified atom stereocenters. The smallest absolute Gasteiger partial charge is 0.0577 e. The number of aliphatic hydroxyl groups is 1. The Balaban J connectivity index is 2.77. The number of aliphatic hydroxyl groups excluding tert-OH is 1. The standard InChI is InChI=1S/C14H29NO2/c1-6-7-8-9-14(4)11-12(16)10-13(2,3)15(14)17-5/h12,16H,6-11H2,1-5H3. The van der Waals surface area contributed by atoms with Crippen LogP contribution in [0.4, 0.5) is 0 Å². The van der Waals surface area contributed by atoms with Crippen LogP contribution in [0.5, 0.6) is 0 Å². The molecule has 0 aromatic carbocycles. The third-order valence-corrected chi connectivity index (χ3v) is 3.95. The van der Waals surface area contributed by atoms with E-state index in [1.807, 2.05) is 0 Å². The second-order valence-electron chi connectivity index (χ2n) is 6.31. The third-order valence-electron chi connectivity index (χ3n) is 3.95. The zero-order valence-corrected chi connectivity index (χ0v) is 12.1. The lowest BCUT2D eigenvalue weighted by atomic mass is 9.77. The quantitative estimate of drug-likeness (QED) is 0.753. The van der Waals surface area contributed by atoms with E-state index in [1.165, 1.54) is 19.3 Å². The second-order valence-corrected chi connectivity index (χ2v) is 6.31. The van der Waals surface area contributed by atoms with Gasteiger partial charge in [0.1, 0.15) is 0 Å². The number of hydrogen-bond acceptors (Lipinski definition) is 3. The Kier molecular flexibility index (Phi) is 4.99. The van der Waals surface area contributed by atoms with Crippen LogP contribution in [0.1, 0.15) is 66.2 Å². The van der Waals surface area contributed by atoms with E-state index >= 15 is 0 Å². The van der Waals surface area contributed by atoms with Crippen molar-refractivity contribution >= 4 is 0 Å². The van der Waals surface area contributed by atoms with E-state index in [1.54, 1.807) is 7.11 Å². The van der Waals surface area contributed by atoms with Crippen LogP contribution in [0.25, 0.3) is 0 Å². The van der Waals surface area contributed by atoms with Crippen molar-refractivity contribution in [2.45, 2.75) is 83.4 Å². The summed E-state index contributed by atoms with van der Waals surface area (Å²) in [5.41, 5.74) is -0.127. The maximum Gasteiger partial charge on any atom is 0.0577 e. The Bertz CT molecular complexity index is 242. The molecule has 0 bridgehead atoms. The molecule has 0 aromatic rings. The van der Waals surface area contributed by atoms with E-state index in [0.717, 1.165) is 19.3 Å². The van der Waals surface area contributed by atoms with Crippen LogP contribution in [0.2, 0.25) is 0 Å². The lowest BCUT2D eigenvalue weighted by Crippen LogP contribution is -2.62. The Labute approximate surface area is 106 Å². The summed E-state index contributed by atoms with van der Waals surface area (Å²) in [4.78, 5) is 5.62. The Hall–Kier alpha value is -0.120. The minimum absolute atomic E-state index is 0.0366. The van der Waals surface area contributed by atoms with Gasteiger partial charge in [0, 0.05) is 11.1 Å². The van der Waals surface area contributed by atoms with Gasteiger partial charge in [0.15, 0.2) is 0 Å². The summed E-state index contributed by atoms with van der Waals surface area (Å²) >= 11 is 0. The summed E-state index contributed by atoms with van der Waals surface area (Å²) < 4.78 is 0. The maximum atomic E-state index is 10.1. The highest BCUT2D eigenvalue weighted by molar-refractivity contribution is 4.98. The molecular weight excluding hydrogens is 214 g/mol. The van der Waals surface area contributed by atoms with E-state index in [0.29, 0.717) is 0 Å². The zero-order valence-electron chi connectivity index (χ0n) is 12.1. The predicted molar refractivity (Wildman–Crippen MR) is 70.7 cm³/mol. The highest BCUT2D eigenvalue weighted by atomic mass is 16.7. The van der Waals surface area contributed by atoms with Gasteiger partial charge in [0.25, 0.3) is 0 Å². The topological polar surface area (TPSA) is 32.7 Å². The Morgan fingerprint density at radius 1 is 1.24 bits per heavy atom. The predicted octanol–water partition coefficient (Wildman–Crippen LogP) is 3.12. The maximum absolute atomic E-state index is 10.1. The molecule has 17 heavy (non-hydrogen) atoms. The second kappa shape index (κ2) is 5.68. The van der Waals surface area contributed by atoms with Crippen molar-refractivity contribution in [3.63, 3.8) is 0 Å². The molecule has 1 N–H and O–H groups in total. The number of piperidine rings is 1. The molecule has 0 amide bonds. The first-order valence-electron chi connectivity index (χ1n) is 6.88. The first-order valence-corrected chi connectivity index (χ1v) is 6.88. The normalized spacial score (nSPS) is 33.9. The molecule has 0 spiro atoms. The van der Waals surface area contributed by atoms with E-state index in [9.17, 15) is 5.11 Å². The van der Waals surface area contributed by atoms with Crippen molar-refractivity contribution in [1.29, 1.82) is 0 Å². The molecule has 0 aliphatic carbocycles. The van der Waals surface area contributed by atoms with Crippen molar-refractivity contribution in [2.24, 2.45) is 0 Å². The SMILES string of the molecule is CCCCCC1(C)CC(O)CC(C)(C)N1OC. The largest absolute Gasteiger partial charge is 0.393 e. The molecule has 1 aliphatic rings. The molecular formula is C14H29NO2. The van der Waals surface area contributed by atoms with E-state index in [2.05, 4.69) is 32.8 Å². The molecule has 1 saturated heterocycles. The zero-order chi connectivity index (χ0) is 13.1. The van der Waals surface area contributed by atoms with Crippen molar-refractivity contribution in [1.82, 2.24) is 5.06 Å². The fourth-order valence-corrected chi connectivity index (χ4v) is 3.48. The number of unbranched alkanes of at least 4 members (excludes halogenated alkanes) is 2. The Morgan fingerprint density at radius 3 is 2.41 bits per heavy atom. The Morgan fingerprint density at radius 2 is 1.88 bits per heavy atom. The summed E-state index contributed by atoms with van der Waals surface area (Å²) in [5, 5.41) is 12.2. The van der Waals surface area contributed by atoms with Crippen LogP contribution in [0.3, 0.4) is 0 Å².